The number of anilines is 5. The Labute approximate surface area is 725 Å². The summed E-state index contributed by atoms with van der Waals surface area (Å²) >= 11 is 26.0. The zero-order valence-corrected chi connectivity index (χ0v) is 71.2. The molecule has 27 nitrogen and oxygen atoms in total. The average molecular weight is 1730 g/mol. The first-order valence-electron chi connectivity index (χ1n) is 39.7. The van der Waals surface area contributed by atoms with Crippen LogP contribution in [-0.4, -0.2) is 113 Å². The van der Waals surface area contributed by atoms with Gasteiger partial charge in [-0.3, -0.25) is 24.0 Å². The minimum Gasteiger partial charge on any atom is -0.463 e. The van der Waals surface area contributed by atoms with Crippen LogP contribution in [0.15, 0.2) is 228 Å². The third kappa shape index (κ3) is 20.6. The third-order valence-electron chi connectivity index (χ3n) is 19.8. The van der Waals surface area contributed by atoms with Crippen LogP contribution in [0, 0.1) is 13.1 Å². The van der Waals surface area contributed by atoms with E-state index in [2.05, 4.69) is 63.6 Å². The highest BCUT2D eigenvalue weighted by Crippen LogP contribution is 2.50. The van der Waals surface area contributed by atoms with E-state index in [0.717, 1.165) is 80.0 Å². The number of halogens is 4. The number of nitrogens with zero attached hydrogens (tertiary/aromatic N) is 10. The van der Waals surface area contributed by atoms with Crippen molar-refractivity contribution >= 4 is 123 Å². The summed E-state index contributed by atoms with van der Waals surface area (Å²) in [5, 5.41) is 35.4. The number of allylic oxidation sites excluding steroid dienone is 6. The molecule has 10 aromatic rings. The number of amides is 1. The lowest BCUT2D eigenvalue weighted by Gasteiger charge is -2.30. The maximum absolute atomic E-state index is 13.2. The van der Waals surface area contributed by atoms with Gasteiger partial charge in [-0.2, -0.15) is 24.2 Å². The number of esters is 4. The molecule has 0 spiro atoms. The molecule has 122 heavy (non-hydrogen) atoms. The second-order valence-corrected chi connectivity index (χ2v) is 29.8. The molecule has 31 heteroatoms. The molecule has 4 aliphatic heterocycles. The smallest absolute Gasteiger partial charge is 0.346 e. The second-order valence-electron chi connectivity index (χ2n) is 28.2. The van der Waals surface area contributed by atoms with E-state index in [4.69, 9.17) is 78.5 Å². The quantitative estimate of drug-likeness (QED) is 0.0226. The molecule has 0 saturated carbocycles. The number of hydrogen-bond acceptors (Lipinski definition) is 20. The Kier molecular flexibility index (Phi) is 31.0. The summed E-state index contributed by atoms with van der Waals surface area (Å²) in [6.07, 6.45) is 12.4. The highest BCUT2D eigenvalue weighted by molar-refractivity contribution is 6.32. The van der Waals surface area contributed by atoms with Crippen LogP contribution in [0.25, 0.3) is 9.69 Å². The lowest BCUT2D eigenvalue weighted by molar-refractivity contribution is -0.140. The molecule has 0 fully saturated rings. The Morgan fingerprint density at radius 1 is 0.418 bits per heavy atom. The van der Waals surface area contributed by atoms with Crippen LogP contribution in [0.2, 0.25) is 20.1 Å². The van der Waals surface area contributed by atoms with Gasteiger partial charge in [0.05, 0.1) is 68.2 Å². The van der Waals surface area contributed by atoms with Gasteiger partial charge < -0.3 is 45.5 Å². The van der Waals surface area contributed by atoms with E-state index >= 15 is 0 Å². The van der Waals surface area contributed by atoms with Crippen LogP contribution in [-0.2, 0) is 44.5 Å². The van der Waals surface area contributed by atoms with E-state index in [1.54, 1.807) is 56.7 Å². The number of fused-ring (bicyclic) bond motifs is 4. The predicted molar refractivity (Wildman–Crippen MR) is 467 cm³/mol. The number of hydrogen-bond donors (Lipinski definition) is 5. The number of nitrogens with one attached hydrogen (secondary N) is 5. The van der Waals surface area contributed by atoms with Gasteiger partial charge >= 0.3 is 29.9 Å². The van der Waals surface area contributed by atoms with E-state index in [1.165, 1.54) is 29.4 Å². The Morgan fingerprint density at radius 3 is 1.17 bits per heavy atom. The molecular formula is C91H89Cl4N15O12. The van der Waals surface area contributed by atoms with Crippen molar-refractivity contribution in [2.45, 2.75) is 137 Å². The van der Waals surface area contributed by atoms with E-state index in [9.17, 15) is 38.4 Å². The molecule has 0 bridgehead atoms. The van der Waals surface area contributed by atoms with Gasteiger partial charge in [0, 0.05) is 109 Å². The standard InChI is InChI=1S/C26H26ClN3O3.C23H20ClN5O.C22H24ClN3O5.C20H19ClN4O3/c1-3-10-21-24(26(32)33-4-2)23(18-13-8-9-14-20(18)27)19-16-28-30(25(19)29-21)22(31)15-17-11-6-5-7-12-17;1-3-9-19-21(25-2)20(16-12-7-8-13-18(16)24)17-14-29(28-22(17)27-19)23(30)26-15-10-5-4-6-11-15;1-4-8-17-20(22(29)30-5-2)19(14-9-6-7-10-16(14)23)15-11-24-26(21(15)25-17)18(28)12-31-13(3)27;1-4-7-16-19(22-3)18(13-8-5-6-9-15(13)21)14-10-25(24-20(14)23-16)17(27)11-28-12(2)26/h5-9,11-14,16,23,29H,3-4,10,15H2,1-2H3;4-8,10-14,20H,3,9H2,1H3,(H,26,30)(H,27,28);6-7,9-11,19,25H,4-5,8,12H2,1-3H3;5-6,8-10,18H,4,7,11H2,1-2H3,(H,23,24). The number of ether oxygens (including phenoxy) is 4. The average Bonchev–Trinajstić information content (AvgIpc) is 1.58. The third-order valence-corrected chi connectivity index (χ3v) is 21.2. The fourth-order valence-corrected chi connectivity index (χ4v) is 15.6. The molecule has 6 aromatic carbocycles. The Balaban J connectivity index is 0.000000159. The maximum Gasteiger partial charge on any atom is 0.346 e. The van der Waals surface area contributed by atoms with E-state index in [0.29, 0.717) is 125 Å². The summed E-state index contributed by atoms with van der Waals surface area (Å²) in [5.74, 6) is -2.94. The van der Waals surface area contributed by atoms with Gasteiger partial charge in [0.25, 0.3) is 17.7 Å². The monoisotopic (exact) mass is 1720 g/mol. The van der Waals surface area contributed by atoms with Gasteiger partial charge in [-0.15, -0.1) is 10.2 Å². The molecule has 4 unspecified atom stereocenters. The highest BCUT2D eigenvalue weighted by Gasteiger charge is 2.42. The first-order chi connectivity index (χ1) is 59.0. The van der Waals surface area contributed by atoms with Crippen LogP contribution >= 0.6 is 46.4 Å². The van der Waals surface area contributed by atoms with Gasteiger partial charge in [0.2, 0.25) is 0 Å². The van der Waals surface area contributed by atoms with E-state index in [-0.39, 0.29) is 37.5 Å². The SMILES string of the molecule is CCCC1=C(C(=O)OCC)C(c2ccccc2Cl)c2cnn(C(=O)COC(C)=O)c2N1.CCCC1=C(C(=O)OCC)C(c2ccccc2Cl)c2cnn(C(=O)Cc3ccccc3)c2N1.[C-]#[N+]C1=C(CCC)Nc2nn(C(=O)COC(C)=O)cc2C1c1ccccc1Cl.[C-]#[N+]C1=C(CCC)Nc2nn(C(=O)Nc3ccccc3)cc2C1c1ccccc1Cl. The molecule has 0 radical (unpaired) electrons. The molecule has 8 heterocycles. The number of rotatable bonds is 23. The van der Waals surface area contributed by atoms with Gasteiger partial charge in [-0.25, -0.2) is 28.8 Å². The van der Waals surface area contributed by atoms with Crippen molar-refractivity contribution in [1.29, 1.82) is 0 Å². The van der Waals surface area contributed by atoms with Crippen LogP contribution in [0.1, 0.15) is 195 Å². The van der Waals surface area contributed by atoms with E-state index in [1.807, 2.05) is 154 Å². The Bertz CT molecular complexity index is 5810. The van der Waals surface area contributed by atoms with Crippen molar-refractivity contribution in [2.24, 2.45) is 0 Å². The number of benzene rings is 6. The minimum atomic E-state index is -0.569. The fourth-order valence-electron chi connectivity index (χ4n) is 14.6. The number of aromatic nitrogens is 8. The molecular weight excluding hydrogens is 1640 g/mol. The van der Waals surface area contributed by atoms with Gasteiger partial charge in [-0.1, -0.05) is 221 Å². The maximum atomic E-state index is 13.2. The van der Waals surface area contributed by atoms with Crippen LogP contribution in [0.4, 0.5) is 33.8 Å². The topological polar surface area (TPSA) is 314 Å². The summed E-state index contributed by atoms with van der Waals surface area (Å²) in [6, 6.07) is 47.8. The highest BCUT2D eigenvalue weighted by atomic mass is 35.5. The van der Waals surface area contributed by atoms with Crippen molar-refractivity contribution < 1.29 is 57.3 Å². The number of carbonyl (C=O) groups excluding carboxylic acids is 8. The summed E-state index contributed by atoms with van der Waals surface area (Å²) in [6.45, 7) is 29.3. The van der Waals surface area contributed by atoms with Crippen LogP contribution in [0.3, 0.4) is 0 Å². The van der Waals surface area contributed by atoms with Gasteiger partial charge in [0.1, 0.15) is 11.6 Å². The number of carbonyl (C=O) groups is 8. The minimum absolute atomic E-state index is 0.164. The zero-order chi connectivity index (χ0) is 87.3. The molecule has 14 rings (SSSR count). The molecule has 4 atom stereocenters. The molecule has 1 amide bonds. The van der Waals surface area contributed by atoms with Gasteiger partial charge in [-0.05, 0) is 104 Å². The molecule has 4 aliphatic rings. The van der Waals surface area contributed by atoms with Gasteiger partial charge in [0.15, 0.2) is 36.2 Å². The first kappa shape index (κ1) is 89.6. The number of para-hydroxylation sites is 1. The summed E-state index contributed by atoms with van der Waals surface area (Å²) in [5.41, 5.74) is 12.4. The van der Waals surface area contributed by atoms with Crippen molar-refractivity contribution in [2.75, 3.05) is 53.0 Å². The van der Waals surface area contributed by atoms with Crippen LogP contribution < -0.4 is 26.6 Å². The zero-order valence-electron chi connectivity index (χ0n) is 68.2. The van der Waals surface area contributed by atoms with Crippen LogP contribution in [0.5, 0.6) is 0 Å². The fraction of sp³-hybridized carbons (Fsp3) is 0.275. The predicted octanol–water partition coefficient (Wildman–Crippen LogP) is 19.8. The molecule has 0 aliphatic carbocycles. The second kappa shape index (κ2) is 42.2. The molecule has 5 N–H and O–H groups in total. The molecule has 628 valence electrons. The normalized spacial score (nSPS) is 15.2. The summed E-state index contributed by atoms with van der Waals surface area (Å²) in [7, 11) is 0. The van der Waals surface area contributed by atoms with Crippen molar-refractivity contribution in [3.8, 4) is 0 Å². The lowest BCUT2D eigenvalue weighted by atomic mass is 9.82. The molecule has 4 aromatic heterocycles. The Morgan fingerprint density at radius 2 is 0.779 bits per heavy atom. The van der Waals surface area contributed by atoms with Crippen molar-refractivity contribution in [3.63, 3.8) is 0 Å². The summed E-state index contributed by atoms with van der Waals surface area (Å²) < 4.78 is 25.3. The Hall–Kier alpha value is -13.2. The van der Waals surface area contributed by atoms with Crippen molar-refractivity contribution in [1.82, 2.24) is 39.1 Å². The summed E-state index contributed by atoms with van der Waals surface area (Å²) in [4.78, 5) is 107. The van der Waals surface area contributed by atoms with Crippen molar-refractivity contribution in [3.05, 3.63) is 321 Å². The van der Waals surface area contributed by atoms with E-state index < -0.39 is 66.7 Å². The lowest BCUT2D eigenvalue weighted by Crippen LogP contribution is -2.28. The largest absolute Gasteiger partial charge is 0.463 e. The first-order valence-corrected chi connectivity index (χ1v) is 41.2. The molecule has 0 saturated heterocycles.